The summed E-state index contributed by atoms with van der Waals surface area (Å²) < 4.78 is 13.3. The Morgan fingerprint density at radius 2 is 2.11 bits per heavy atom. The minimum atomic E-state index is -1.31. The van der Waals surface area contributed by atoms with Crippen LogP contribution in [-0.2, 0) is 4.79 Å². The third kappa shape index (κ3) is 2.31. The minimum absolute atomic E-state index is 0.0574. The Hall–Kier alpha value is -2.31. The SMILES string of the molecule is CN1CCN(c2ccc(F)c(N)c2C(=O)O)CC1=O. The number of nitrogens with two attached hydrogens (primary N) is 1. The average Bonchev–Trinajstić information content (AvgIpc) is 2.35. The van der Waals surface area contributed by atoms with Gasteiger partial charge in [-0.1, -0.05) is 0 Å². The van der Waals surface area contributed by atoms with Gasteiger partial charge in [0.25, 0.3) is 0 Å². The van der Waals surface area contributed by atoms with Crippen molar-refractivity contribution in [3.05, 3.63) is 23.5 Å². The summed E-state index contributed by atoms with van der Waals surface area (Å²) in [6.45, 7) is 1.02. The predicted octanol–water partition coefficient (Wildman–Crippen LogP) is 0.385. The number of carbonyl (C=O) groups excluding carboxylic acids is 1. The summed E-state index contributed by atoms with van der Waals surface area (Å²) in [5, 5.41) is 9.15. The number of likely N-dealkylation sites (N-methyl/N-ethyl adjacent to an activating group) is 1. The zero-order chi connectivity index (χ0) is 14.2. The van der Waals surface area contributed by atoms with Crippen molar-refractivity contribution in [3.8, 4) is 0 Å². The van der Waals surface area contributed by atoms with Crippen LogP contribution in [0.2, 0.25) is 0 Å². The van der Waals surface area contributed by atoms with Gasteiger partial charge in [0.1, 0.15) is 11.4 Å². The van der Waals surface area contributed by atoms with Gasteiger partial charge in [-0.2, -0.15) is 0 Å². The highest BCUT2D eigenvalue weighted by atomic mass is 19.1. The zero-order valence-electron chi connectivity index (χ0n) is 10.4. The first-order chi connectivity index (χ1) is 8.91. The molecule has 1 heterocycles. The number of hydrogen-bond donors (Lipinski definition) is 2. The molecular weight excluding hydrogens is 253 g/mol. The third-order valence-electron chi connectivity index (χ3n) is 3.18. The van der Waals surface area contributed by atoms with E-state index in [1.54, 1.807) is 16.8 Å². The van der Waals surface area contributed by atoms with Crippen LogP contribution < -0.4 is 10.6 Å². The van der Waals surface area contributed by atoms with Gasteiger partial charge in [0.05, 0.1) is 17.9 Å². The lowest BCUT2D eigenvalue weighted by atomic mass is 10.1. The van der Waals surface area contributed by atoms with Gasteiger partial charge in [0.2, 0.25) is 5.91 Å². The number of halogens is 1. The average molecular weight is 267 g/mol. The van der Waals surface area contributed by atoms with Gasteiger partial charge in [0, 0.05) is 20.1 Å². The number of nitrogens with zero attached hydrogens (tertiary/aromatic N) is 2. The molecule has 0 bridgehead atoms. The molecule has 0 aromatic heterocycles. The minimum Gasteiger partial charge on any atom is -0.478 e. The summed E-state index contributed by atoms with van der Waals surface area (Å²) in [5.74, 6) is -2.20. The summed E-state index contributed by atoms with van der Waals surface area (Å²) in [7, 11) is 1.68. The lowest BCUT2D eigenvalue weighted by molar-refractivity contribution is -0.129. The number of nitrogen functional groups attached to an aromatic ring is 1. The van der Waals surface area contributed by atoms with E-state index in [1.807, 2.05) is 0 Å². The van der Waals surface area contributed by atoms with Crippen LogP contribution in [0, 0.1) is 5.82 Å². The zero-order valence-corrected chi connectivity index (χ0v) is 10.4. The molecule has 1 aromatic rings. The van der Waals surface area contributed by atoms with Gasteiger partial charge in [-0.25, -0.2) is 9.18 Å². The van der Waals surface area contributed by atoms with Crippen LogP contribution in [0.15, 0.2) is 12.1 Å². The first-order valence-corrected chi connectivity index (χ1v) is 5.72. The molecule has 6 nitrogen and oxygen atoms in total. The maximum atomic E-state index is 13.3. The Labute approximate surface area is 109 Å². The fourth-order valence-corrected chi connectivity index (χ4v) is 2.03. The van der Waals surface area contributed by atoms with Gasteiger partial charge in [-0.15, -0.1) is 0 Å². The lowest BCUT2D eigenvalue weighted by Gasteiger charge is -2.34. The Balaban J connectivity index is 2.43. The summed E-state index contributed by atoms with van der Waals surface area (Å²) in [6, 6.07) is 2.45. The van der Waals surface area contributed by atoms with Crippen LogP contribution in [0.5, 0.6) is 0 Å². The Morgan fingerprint density at radius 1 is 1.42 bits per heavy atom. The smallest absolute Gasteiger partial charge is 0.340 e. The Morgan fingerprint density at radius 3 is 2.68 bits per heavy atom. The van der Waals surface area contributed by atoms with Crippen LogP contribution in [0.4, 0.5) is 15.8 Å². The van der Waals surface area contributed by atoms with E-state index in [-0.39, 0.29) is 23.7 Å². The van der Waals surface area contributed by atoms with Crippen molar-refractivity contribution in [2.24, 2.45) is 0 Å². The number of piperazine rings is 1. The van der Waals surface area contributed by atoms with Crippen LogP contribution in [0.1, 0.15) is 10.4 Å². The second-order valence-electron chi connectivity index (χ2n) is 4.40. The summed E-state index contributed by atoms with van der Waals surface area (Å²) in [5.41, 5.74) is 5.05. The van der Waals surface area contributed by atoms with Crippen molar-refractivity contribution in [1.82, 2.24) is 4.90 Å². The lowest BCUT2D eigenvalue weighted by Crippen LogP contribution is -2.49. The van der Waals surface area contributed by atoms with Gasteiger partial charge < -0.3 is 20.6 Å². The molecule has 3 N–H and O–H groups in total. The second kappa shape index (κ2) is 4.75. The van der Waals surface area contributed by atoms with E-state index in [0.29, 0.717) is 13.1 Å². The molecule has 0 unspecified atom stereocenters. The molecule has 1 saturated heterocycles. The van der Waals surface area contributed by atoms with Crippen molar-refractivity contribution in [2.75, 3.05) is 37.3 Å². The first-order valence-electron chi connectivity index (χ1n) is 5.72. The molecule has 0 saturated carbocycles. The maximum absolute atomic E-state index is 13.3. The molecule has 19 heavy (non-hydrogen) atoms. The molecule has 1 aliphatic heterocycles. The molecule has 0 spiro atoms. The van der Waals surface area contributed by atoms with Crippen molar-refractivity contribution >= 4 is 23.3 Å². The van der Waals surface area contributed by atoms with Gasteiger partial charge in [0.15, 0.2) is 0 Å². The highest BCUT2D eigenvalue weighted by Crippen LogP contribution is 2.29. The standard InChI is InChI=1S/C12H14FN3O3/c1-15-4-5-16(6-9(15)17)8-3-2-7(13)11(14)10(8)12(18)19/h2-3H,4-6,14H2,1H3,(H,18,19). The topological polar surface area (TPSA) is 86.9 Å². The van der Waals surface area contributed by atoms with Gasteiger partial charge in [-0.05, 0) is 12.1 Å². The molecule has 102 valence electrons. The fraction of sp³-hybridized carbons (Fsp3) is 0.333. The fourth-order valence-electron chi connectivity index (χ4n) is 2.03. The molecule has 1 fully saturated rings. The van der Waals surface area contributed by atoms with Crippen LogP contribution in [0.3, 0.4) is 0 Å². The quantitative estimate of drug-likeness (QED) is 0.757. The molecule has 1 aliphatic rings. The van der Waals surface area contributed by atoms with Crippen LogP contribution in [0.25, 0.3) is 0 Å². The number of carboxylic acid groups (broad SMARTS) is 1. The largest absolute Gasteiger partial charge is 0.478 e. The summed E-state index contributed by atoms with van der Waals surface area (Å²) in [6.07, 6.45) is 0. The number of carbonyl (C=O) groups is 2. The molecule has 1 amide bonds. The number of amides is 1. The second-order valence-corrected chi connectivity index (χ2v) is 4.40. The van der Waals surface area contributed by atoms with E-state index in [2.05, 4.69) is 0 Å². The predicted molar refractivity (Wildman–Crippen MR) is 67.6 cm³/mol. The van der Waals surface area contributed by atoms with Crippen molar-refractivity contribution < 1.29 is 19.1 Å². The molecule has 7 heteroatoms. The highest BCUT2D eigenvalue weighted by Gasteiger charge is 2.26. The highest BCUT2D eigenvalue weighted by molar-refractivity contribution is 6.01. The van der Waals surface area contributed by atoms with Crippen molar-refractivity contribution in [1.29, 1.82) is 0 Å². The molecule has 2 rings (SSSR count). The number of anilines is 2. The maximum Gasteiger partial charge on any atom is 0.340 e. The van der Waals surface area contributed by atoms with E-state index in [0.717, 1.165) is 6.07 Å². The normalized spacial score (nSPS) is 15.8. The van der Waals surface area contributed by atoms with E-state index in [4.69, 9.17) is 10.8 Å². The van der Waals surface area contributed by atoms with Crippen LogP contribution >= 0.6 is 0 Å². The summed E-state index contributed by atoms with van der Waals surface area (Å²) >= 11 is 0. The van der Waals surface area contributed by atoms with E-state index >= 15 is 0 Å². The van der Waals surface area contributed by atoms with E-state index in [1.165, 1.54) is 6.07 Å². The van der Waals surface area contributed by atoms with Crippen molar-refractivity contribution in [3.63, 3.8) is 0 Å². The molecule has 1 aromatic carbocycles. The van der Waals surface area contributed by atoms with Gasteiger partial charge in [-0.3, -0.25) is 4.79 Å². The third-order valence-corrected chi connectivity index (χ3v) is 3.18. The first kappa shape index (κ1) is 13.1. The number of benzene rings is 1. The Bertz CT molecular complexity index is 547. The number of aromatic carboxylic acids is 1. The monoisotopic (exact) mass is 267 g/mol. The Kier molecular flexibility index (Phi) is 3.28. The van der Waals surface area contributed by atoms with E-state index in [9.17, 15) is 14.0 Å². The molecule has 0 aliphatic carbocycles. The molecule has 0 atom stereocenters. The van der Waals surface area contributed by atoms with Gasteiger partial charge >= 0.3 is 5.97 Å². The van der Waals surface area contributed by atoms with Crippen molar-refractivity contribution in [2.45, 2.75) is 0 Å². The summed E-state index contributed by atoms with van der Waals surface area (Å²) in [4.78, 5) is 26.0. The number of hydrogen-bond acceptors (Lipinski definition) is 4. The molecule has 0 radical (unpaired) electrons. The van der Waals surface area contributed by atoms with Crippen LogP contribution in [-0.4, -0.2) is 48.6 Å². The van der Waals surface area contributed by atoms with E-state index < -0.39 is 17.5 Å². The number of carboxylic acids is 1. The number of rotatable bonds is 2. The molecular formula is C12H14FN3O3.